The van der Waals surface area contributed by atoms with Crippen LogP contribution < -0.4 is 5.32 Å². The standard InChI is InChI=1S/C7H12FNO3S/c1-13(11,12)4-6(10)9-7(5-8)2-3-7/h2-5H2,1H3,(H,9,10). The summed E-state index contributed by atoms with van der Waals surface area (Å²) in [5.41, 5.74) is -0.748. The molecule has 0 atom stereocenters. The average molecular weight is 209 g/mol. The molecule has 1 rings (SSSR count). The number of carbonyl (C=O) groups excluding carboxylic acids is 1. The smallest absolute Gasteiger partial charge is 0.235 e. The predicted octanol–water partition coefficient (Wildman–Crippen LogP) is -0.351. The molecule has 1 aliphatic carbocycles. The monoisotopic (exact) mass is 209 g/mol. The molecule has 0 aromatic heterocycles. The van der Waals surface area contributed by atoms with Crippen LogP contribution in [0.1, 0.15) is 12.8 Å². The third kappa shape index (κ3) is 3.30. The Hall–Kier alpha value is -0.650. The Kier molecular flexibility index (Phi) is 2.61. The van der Waals surface area contributed by atoms with Crippen LogP contribution in [0.15, 0.2) is 0 Å². The summed E-state index contributed by atoms with van der Waals surface area (Å²) in [5.74, 6) is -1.17. The maximum Gasteiger partial charge on any atom is 0.235 e. The fourth-order valence-electron chi connectivity index (χ4n) is 1.01. The van der Waals surface area contributed by atoms with Gasteiger partial charge in [0.1, 0.15) is 12.4 Å². The summed E-state index contributed by atoms with van der Waals surface area (Å²) in [6, 6.07) is 0. The van der Waals surface area contributed by atoms with Gasteiger partial charge in [-0.3, -0.25) is 4.79 Å². The molecule has 0 aromatic carbocycles. The van der Waals surface area contributed by atoms with Crippen LogP contribution in [0.25, 0.3) is 0 Å². The second-order valence-electron chi connectivity index (χ2n) is 3.53. The van der Waals surface area contributed by atoms with Gasteiger partial charge in [0.05, 0.1) is 5.54 Å². The molecule has 0 aliphatic heterocycles. The lowest BCUT2D eigenvalue weighted by Crippen LogP contribution is -2.41. The SMILES string of the molecule is CS(=O)(=O)CC(=O)NC1(CF)CC1. The number of hydrogen-bond donors (Lipinski definition) is 1. The molecule has 0 radical (unpaired) electrons. The Morgan fingerprint density at radius 3 is 2.38 bits per heavy atom. The third-order valence-corrected chi connectivity index (χ3v) is 2.69. The Balaban J connectivity index is 2.43. The lowest BCUT2D eigenvalue weighted by molar-refractivity contribution is -0.119. The highest BCUT2D eigenvalue weighted by Crippen LogP contribution is 2.35. The van der Waals surface area contributed by atoms with Gasteiger partial charge in [-0.2, -0.15) is 0 Å². The molecular formula is C7H12FNO3S. The number of carbonyl (C=O) groups is 1. The van der Waals surface area contributed by atoms with E-state index in [0.29, 0.717) is 12.8 Å². The summed E-state index contributed by atoms with van der Waals surface area (Å²) in [6.07, 6.45) is 2.17. The van der Waals surface area contributed by atoms with Crippen LogP contribution in [0, 0.1) is 0 Å². The first kappa shape index (κ1) is 10.4. The van der Waals surface area contributed by atoms with Gasteiger partial charge in [-0.05, 0) is 12.8 Å². The minimum absolute atomic E-state index is 0.561. The first-order valence-corrected chi connectivity index (χ1v) is 5.98. The summed E-state index contributed by atoms with van der Waals surface area (Å²) in [5, 5.41) is 2.38. The van der Waals surface area contributed by atoms with Crippen molar-refractivity contribution < 1.29 is 17.6 Å². The highest BCUT2D eigenvalue weighted by Gasteiger charge is 2.44. The molecule has 0 bridgehead atoms. The van der Waals surface area contributed by atoms with Crippen molar-refractivity contribution in [3.8, 4) is 0 Å². The van der Waals surface area contributed by atoms with Crippen LogP contribution >= 0.6 is 0 Å². The number of rotatable bonds is 4. The van der Waals surface area contributed by atoms with Crippen LogP contribution in [0.4, 0.5) is 4.39 Å². The van der Waals surface area contributed by atoms with Crippen molar-refractivity contribution in [2.45, 2.75) is 18.4 Å². The summed E-state index contributed by atoms with van der Waals surface area (Å²) >= 11 is 0. The van der Waals surface area contributed by atoms with E-state index >= 15 is 0 Å². The van der Waals surface area contributed by atoms with Crippen molar-refractivity contribution in [1.29, 1.82) is 0 Å². The summed E-state index contributed by atoms with van der Waals surface area (Å²) < 4.78 is 33.6. The molecule has 1 amide bonds. The second-order valence-corrected chi connectivity index (χ2v) is 5.67. The minimum Gasteiger partial charge on any atom is -0.347 e. The molecule has 1 aliphatic rings. The van der Waals surface area contributed by atoms with Crippen LogP contribution in [0.2, 0.25) is 0 Å². The van der Waals surface area contributed by atoms with Gasteiger partial charge >= 0.3 is 0 Å². The average Bonchev–Trinajstić information content (AvgIpc) is 2.65. The quantitative estimate of drug-likeness (QED) is 0.688. The first-order valence-electron chi connectivity index (χ1n) is 3.92. The summed E-state index contributed by atoms with van der Waals surface area (Å²) in [6.45, 7) is -0.623. The maximum atomic E-state index is 12.3. The molecule has 0 unspecified atom stereocenters. The summed E-state index contributed by atoms with van der Waals surface area (Å²) in [7, 11) is -3.31. The van der Waals surface area contributed by atoms with E-state index < -0.39 is 33.7 Å². The van der Waals surface area contributed by atoms with Gasteiger partial charge in [-0.25, -0.2) is 12.8 Å². The van der Waals surface area contributed by atoms with Crippen LogP contribution in [-0.2, 0) is 14.6 Å². The Bertz CT molecular complexity index is 308. The molecule has 13 heavy (non-hydrogen) atoms. The molecule has 1 fully saturated rings. The first-order chi connectivity index (χ1) is 5.87. The molecule has 6 heteroatoms. The Morgan fingerprint density at radius 1 is 1.54 bits per heavy atom. The molecular weight excluding hydrogens is 197 g/mol. The molecule has 0 heterocycles. The molecule has 76 valence electrons. The van der Waals surface area contributed by atoms with E-state index in [1.54, 1.807) is 0 Å². The van der Waals surface area contributed by atoms with Gasteiger partial charge < -0.3 is 5.32 Å². The topological polar surface area (TPSA) is 63.2 Å². The number of halogens is 1. The zero-order chi connectivity index (χ0) is 10.1. The van der Waals surface area contributed by atoms with E-state index in [4.69, 9.17) is 0 Å². The van der Waals surface area contributed by atoms with E-state index in [1.165, 1.54) is 0 Å². The van der Waals surface area contributed by atoms with E-state index in [0.717, 1.165) is 6.26 Å². The fraction of sp³-hybridized carbons (Fsp3) is 0.857. The maximum absolute atomic E-state index is 12.3. The van der Waals surface area contributed by atoms with Gasteiger partial charge in [-0.15, -0.1) is 0 Å². The number of amides is 1. The highest BCUT2D eigenvalue weighted by atomic mass is 32.2. The Labute approximate surface area is 76.4 Å². The van der Waals surface area contributed by atoms with Gasteiger partial charge in [0.2, 0.25) is 5.91 Å². The van der Waals surface area contributed by atoms with Crippen LogP contribution in [0.3, 0.4) is 0 Å². The van der Waals surface area contributed by atoms with Gasteiger partial charge in [0.25, 0.3) is 0 Å². The third-order valence-electron chi connectivity index (χ3n) is 1.91. The van der Waals surface area contributed by atoms with Crippen molar-refractivity contribution in [2.24, 2.45) is 0 Å². The van der Waals surface area contributed by atoms with Gasteiger partial charge in [0.15, 0.2) is 9.84 Å². The molecule has 0 aromatic rings. The second kappa shape index (κ2) is 3.25. The zero-order valence-electron chi connectivity index (χ0n) is 7.34. The highest BCUT2D eigenvalue weighted by molar-refractivity contribution is 7.91. The minimum atomic E-state index is -3.31. The van der Waals surface area contributed by atoms with Gasteiger partial charge in [-0.1, -0.05) is 0 Å². The Morgan fingerprint density at radius 2 is 2.08 bits per heavy atom. The normalized spacial score (nSPS) is 19.5. The summed E-state index contributed by atoms with van der Waals surface area (Å²) in [4.78, 5) is 11.0. The van der Waals surface area contributed by atoms with E-state index in [-0.39, 0.29) is 0 Å². The fourth-order valence-corrected chi connectivity index (χ4v) is 1.56. The number of nitrogens with one attached hydrogen (secondary N) is 1. The van der Waals surface area contributed by atoms with E-state index in [9.17, 15) is 17.6 Å². The molecule has 1 N–H and O–H groups in total. The molecule has 0 spiro atoms. The molecule has 0 saturated heterocycles. The van der Waals surface area contributed by atoms with Crippen LogP contribution in [0.5, 0.6) is 0 Å². The number of alkyl halides is 1. The van der Waals surface area contributed by atoms with Crippen molar-refractivity contribution in [2.75, 3.05) is 18.7 Å². The van der Waals surface area contributed by atoms with Gasteiger partial charge in [0, 0.05) is 6.26 Å². The van der Waals surface area contributed by atoms with E-state index in [2.05, 4.69) is 5.32 Å². The number of hydrogen-bond acceptors (Lipinski definition) is 3. The van der Waals surface area contributed by atoms with Crippen molar-refractivity contribution in [1.82, 2.24) is 5.32 Å². The van der Waals surface area contributed by atoms with Crippen molar-refractivity contribution in [3.63, 3.8) is 0 Å². The molecule has 4 nitrogen and oxygen atoms in total. The molecule has 1 saturated carbocycles. The largest absolute Gasteiger partial charge is 0.347 e. The lowest BCUT2D eigenvalue weighted by Gasteiger charge is -2.12. The zero-order valence-corrected chi connectivity index (χ0v) is 8.16. The van der Waals surface area contributed by atoms with Crippen LogP contribution in [-0.4, -0.2) is 38.5 Å². The van der Waals surface area contributed by atoms with Crippen molar-refractivity contribution in [3.05, 3.63) is 0 Å². The number of sulfone groups is 1. The van der Waals surface area contributed by atoms with Crippen molar-refractivity contribution >= 4 is 15.7 Å². The van der Waals surface area contributed by atoms with E-state index in [1.807, 2.05) is 0 Å². The predicted molar refractivity (Wildman–Crippen MR) is 45.8 cm³/mol. The lowest BCUT2D eigenvalue weighted by atomic mass is 10.3.